The van der Waals surface area contributed by atoms with Gasteiger partial charge in [0.25, 0.3) is 11.8 Å². The van der Waals surface area contributed by atoms with E-state index in [1.54, 1.807) is 12.1 Å². The molecule has 4 aliphatic rings. The number of nitrogens with zero attached hydrogens (tertiary/aromatic N) is 1. The third kappa shape index (κ3) is 2.75. The smallest absolute Gasteiger partial charge is 0.262 e. The SMILES string of the molecule is O=C1CCC(N2C(=O)c3ccc(CN[C@@H]4C[C@@H]5CN[C@H]4C5)cc3C2=O)C(=O)N1. The normalized spacial score (nSPS) is 31.5. The Morgan fingerprint density at radius 1 is 1.07 bits per heavy atom. The number of hydrogen-bond acceptors (Lipinski definition) is 6. The number of benzene rings is 1. The van der Waals surface area contributed by atoms with E-state index in [2.05, 4.69) is 16.0 Å². The summed E-state index contributed by atoms with van der Waals surface area (Å²) in [6, 6.07) is 5.29. The highest BCUT2D eigenvalue weighted by atomic mass is 16.2. The van der Waals surface area contributed by atoms with Gasteiger partial charge in [-0.2, -0.15) is 0 Å². The first kappa shape index (κ1) is 17.5. The van der Waals surface area contributed by atoms with Crippen LogP contribution in [0.3, 0.4) is 0 Å². The van der Waals surface area contributed by atoms with Gasteiger partial charge in [0.1, 0.15) is 6.04 Å². The molecule has 3 heterocycles. The van der Waals surface area contributed by atoms with Crippen LogP contribution in [0.4, 0.5) is 0 Å². The quantitative estimate of drug-likeness (QED) is 0.629. The molecular formula is C20H22N4O4. The van der Waals surface area contributed by atoms with Gasteiger partial charge in [0.15, 0.2) is 0 Å². The second-order valence-corrected chi connectivity index (χ2v) is 8.17. The van der Waals surface area contributed by atoms with Crippen molar-refractivity contribution in [3.63, 3.8) is 0 Å². The van der Waals surface area contributed by atoms with Crippen molar-refractivity contribution in [3.05, 3.63) is 34.9 Å². The van der Waals surface area contributed by atoms with Gasteiger partial charge in [0.2, 0.25) is 11.8 Å². The van der Waals surface area contributed by atoms with Crippen molar-refractivity contribution in [1.29, 1.82) is 0 Å². The summed E-state index contributed by atoms with van der Waals surface area (Å²) in [7, 11) is 0. The van der Waals surface area contributed by atoms with Crippen molar-refractivity contribution >= 4 is 23.6 Å². The average Bonchev–Trinajstić information content (AvgIpc) is 3.36. The van der Waals surface area contributed by atoms with Gasteiger partial charge in [0.05, 0.1) is 11.1 Å². The number of hydrogen-bond donors (Lipinski definition) is 3. The number of carbonyl (C=O) groups excluding carboxylic acids is 4. The summed E-state index contributed by atoms with van der Waals surface area (Å²) in [5.74, 6) is -1.13. The minimum Gasteiger partial charge on any atom is -0.312 e. The minimum absolute atomic E-state index is 0.122. The fraction of sp³-hybridized carbons (Fsp3) is 0.500. The highest BCUT2D eigenvalue weighted by Crippen LogP contribution is 2.32. The van der Waals surface area contributed by atoms with E-state index in [-0.39, 0.29) is 18.7 Å². The lowest BCUT2D eigenvalue weighted by Crippen LogP contribution is -2.54. The van der Waals surface area contributed by atoms with Crippen LogP contribution < -0.4 is 16.0 Å². The summed E-state index contributed by atoms with van der Waals surface area (Å²) in [5, 5.41) is 9.29. The Morgan fingerprint density at radius 2 is 1.89 bits per heavy atom. The fourth-order valence-electron chi connectivity index (χ4n) is 4.96. The van der Waals surface area contributed by atoms with Crippen LogP contribution in [0.15, 0.2) is 18.2 Å². The molecule has 8 nitrogen and oxygen atoms in total. The average molecular weight is 382 g/mol. The standard InChI is InChI=1S/C20H22N4O4/c25-17-4-3-16(18(26)23-17)24-19(27)12-2-1-10(5-13(12)20(24)28)8-21-14-6-11-7-15(14)22-9-11/h1-2,5,11,14-16,21-22H,3-4,6-9H2,(H,23,25,26)/t11-,14+,15-,16?/m0/s1. The largest absolute Gasteiger partial charge is 0.312 e. The van der Waals surface area contributed by atoms with Gasteiger partial charge >= 0.3 is 0 Å². The molecule has 2 bridgehead atoms. The van der Waals surface area contributed by atoms with Gasteiger partial charge in [-0.15, -0.1) is 0 Å². The Kier molecular flexibility index (Phi) is 4.06. The second-order valence-electron chi connectivity index (χ2n) is 8.17. The summed E-state index contributed by atoms with van der Waals surface area (Å²) in [6.07, 6.45) is 2.68. The van der Waals surface area contributed by atoms with Crippen LogP contribution in [-0.2, 0) is 16.1 Å². The molecule has 3 aliphatic heterocycles. The summed E-state index contributed by atoms with van der Waals surface area (Å²) in [6.45, 7) is 1.73. The molecule has 0 aromatic heterocycles. The van der Waals surface area contributed by atoms with Crippen molar-refractivity contribution in [2.75, 3.05) is 6.54 Å². The maximum absolute atomic E-state index is 12.9. The third-order valence-electron chi connectivity index (χ3n) is 6.40. The molecule has 1 unspecified atom stereocenters. The zero-order valence-corrected chi connectivity index (χ0v) is 15.4. The van der Waals surface area contributed by atoms with Crippen molar-refractivity contribution in [3.8, 4) is 0 Å². The lowest BCUT2D eigenvalue weighted by molar-refractivity contribution is -0.136. The van der Waals surface area contributed by atoms with E-state index < -0.39 is 23.8 Å². The highest BCUT2D eigenvalue weighted by Gasteiger charge is 2.44. The highest BCUT2D eigenvalue weighted by molar-refractivity contribution is 6.23. The maximum atomic E-state index is 12.9. The third-order valence-corrected chi connectivity index (χ3v) is 6.40. The molecule has 0 radical (unpaired) electrons. The van der Waals surface area contributed by atoms with E-state index in [1.165, 1.54) is 12.8 Å². The van der Waals surface area contributed by atoms with Crippen LogP contribution in [0.5, 0.6) is 0 Å². The zero-order valence-electron chi connectivity index (χ0n) is 15.4. The number of carbonyl (C=O) groups is 4. The Morgan fingerprint density at radius 3 is 2.61 bits per heavy atom. The van der Waals surface area contributed by atoms with Gasteiger partial charge in [-0.1, -0.05) is 6.07 Å². The molecule has 3 N–H and O–H groups in total. The van der Waals surface area contributed by atoms with Crippen molar-refractivity contribution in [2.24, 2.45) is 5.92 Å². The fourth-order valence-corrected chi connectivity index (χ4v) is 4.96. The monoisotopic (exact) mass is 382 g/mol. The van der Waals surface area contributed by atoms with Crippen molar-refractivity contribution in [2.45, 2.75) is 50.4 Å². The molecule has 146 valence electrons. The molecule has 4 atom stereocenters. The lowest BCUT2D eigenvalue weighted by atomic mass is 10.0. The van der Waals surface area contributed by atoms with Crippen LogP contribution in [0.2, 0.25) is 0 Å². The zero-order chi connectivity index (χ0) is 19.4. The molecule has 1 aliphatic carbocycles. The molecule has 1 aromatic rings. The van der Waals surface area contributed by atoms with Gasteiger partial charge in [0, 0.05) is 25.0 Å². The first-order chi connectivity index (χ1) is 13.5. The van der Waals surface area contributed by atoms with Crippen LogP contribution in [-0.4, -0.2) is 53.2 Å². The van der Waals surface area contributed by atoms with Crippen molar-refractivity contribution in [1.82, 2.24) is 20.9 Å². The van der Waals surface area contributed by atoms with E-state index in [0.29, 0.717) is 29.8 Å². The summed E-state index contributed by atoms with van der Waals surface area (Å²) in [4.78, 5) is 50.1. The molecule has 4 amide bonds. The Labute approximate surface area is 162 Å². The molecule has 1 saturated carbocycles. The van der Waals surface area contributed by atoms with E-state index in [9.17, 15) is 19.2 Å². The molecule has 0 spiro atoms. The number of piperidine rings is 2. The molecular weight excluding hydrogens is 360 g/mol. The second kappa shape index (κ2) is 6.49. The van der Waals surface area contributed by atoms with Gasteiger partial charge in [-0.05, 0) is 49.4 Å². The number of amides is 4. The summed E-state index contributed by atoms with van der Waals surface area (Å²) < 4.78 is 0. The first-order valence-corrected chi connectivity index (χ1v) is 9.82. The molecule has 2 saturated heterocycles. The predicted octanol–water partition coefficient (Wildman–Crippen LogP) is -0.0722. The Balaban J connectivity index is 1.31. The molecule has 1 aromatic carbocycles. The first-order valence-electron chi connectivity index (χ1n) is 9.82. The molecule has 5 rings (SSSR count). The maximum Gasteiger partial charge on any atom is 0.262 e. The molecule has 3 fully saturated rings. The van der Waals surface area contributed by atoms with Crippen LogP contribution in [0.25, 0.3) is 0 Å². The van der Waals surface area contributed by atoms with E-state index in [0.717, 1.165) is 22.9 Å². The number of imide groups is 2. The van der Waals surface area contributed by atoms with Gasteiger partial charge in [-0.3, -0.25) is 29.4 Å². The number of fused-ring (bicyclic) bond motifs is 3. The van der Waals surface area contributed by atoms with Crippen LogP contribution >= 0.6 is 0 Å². The van der Waals surface area contributed by atoms with Gasteiger partial charge in [-0.25, -0.2) is 0 Å². The topological polar surface area (TPSA) is 108 Å². The van der Waals surface area contributed by atoms with E-state index in [4.69, 9.17) is 0 Å². The number of rotatable bonds is 4. The summed E-state index contributed by atoms with van der Waals surface area (Å²) in [5.41, 5.74) is 1.59. The minimum atomic E-state index is -0.924. The predicted molar refractivity (Wildman–Crippen MR) is 98.3 cm³/mol. The van der Waals surface area contributed by atoms with Crippen LogP contribution in [0, 0.1) is 5.92 Å². The molecule has 28 heavy (non-hydrogen) atoms. The summed E-state index contributed by atoms with van der Waals surface area (Å²) >= 11 is 0. The van der Waals surface area contributed by atoms with E-state index >= 15 is 0 Å². The number of nitrogens with one attached hydrogen (secondary N) is 3. The van der Waals surface area contributed by atoms with Crippen molar-refractivity contribution < 1.29 is 19.2 Å². The Hall–Kier alpha value is -2.58. The van der Waals surface area contributed by atoms with E-state index in [1.807, 2.05) is 6.07 Å². The van der Waals surface area contributed by atoms with Crippen LogP contribution in [0.1, 0.15) is 52.0 Å². The molecule has 8 heteroatoms. The Bertz CT molecular complexity index is 898. The van der Waals surface area contributed by atoms with Gasteiger partial charge < -0.3 is 10.6 Å². The lowest BCUT2D eigenvalue weighted by Gasteiger charge is -2.27.